The Bertz CT molecular complexity index is 445. The summed E-state index contributed by atoms with van der Waals surface area (Å²) in [5.41, 5.74) is 6.16. The first-order chi connectivity index (χ1) is 8.38. The van der Waals surface area contributed by atoms with Crippen LogP contribution in [-0.2, 0) is 11.3 Å². The summed E-state index contributed by atoms with van der Waals surface area (Å²) in [6, 6.07) is 4.23. The summed E-state index contributed by atoms with van der Waals surface area (Å²) < 4.78 is 19.1. The predicted molar refractivity (Wildman–Crippen MR) is 68.1 cm³/mol. The lowest BCUT2D eigenvalue weighted by atomic mass is 10.1. The van der Waals surface area contributed by atoms with E-state index in [4.69, 9.17) is 15.7 Å². The molecule has 5 heteroatoms. The number of hydrogen-bond donors (Lipinski definition) is 2. The lowest BCUT2D eigenvalue weighted by Crippen LogP contribution is -2.23. The van der Waals surface area contributed by atoms with Gasteiger partial charge in [-0.15, -0.1) is 0 Å². The van der Waals surface area contributed by atoms with E-state index in [0.29, 0.717) is 11.1 Å². The van der Waals surface area contributed by atoms with Gasteiger partial charge in [-0.25, -0.2) is 4.39 Å². The average molecular weight is 254 g/mol. The Kier molecular flexibility index (Phi) is 4.67. The number of rotatable bonds is 5. The van der Waals surface area contributed by atoms with Crippen molar-refractivity contribution >= 4 is 5.84 Å². The lowest BCUT2D eigenvalue weighted by Gasteiger charge is -2.23. The summed E-state index contributed by atoms with van der Waals surface area (Å²) in [5.74, 6) is -0.558. The highest BCUT2D eigenvalue weighted by Gasteiger charge is 2.15. The smallest absolute Gasteiger partial charge is 0.170 e. The molecule has 0 heterocycles. The Morgan fingerprint density at radius 3 is 2.67 bits per heavy atom. The molecule has 0 saturated carbocycles. The van der Waals surface area contributed by atoms with Crippen LogP contribution in [0.5, 0.6) is 0 Å². The molecule has 0 atom stereocenters. The Morgan fingerprint density at radius 1 is 1.44 bits per heavy atom. The van der Waals surface area contributed by atoms with Crippen molar-refractivity contribution in [3.63, 3.8) is 0 Å². The third-order valence-corrected chi connectivity index (χ3v) is 2.84. The molecule has 0 saturated heterocycles. The zero-order valence-electron chi connectivity index (χ0n) is 10.9. The monoisotopic (exact) mass is 254 g/mol. The van der Waals surface area contributed by atoms with E-state index in [0.717, 1.165) is 6.42 Å². The van der Waals surface area contributed by atoms with Crippen molar-refractivity contribution < 1.29 is 14.3 Å². The Labute approximate surface area is 106 Å². The molecule has 0 aliphatic carbocycles. The molecule has 0 aliphatic heterocycles. The fourth-order valence-electron chi connectivity index (χ4n) is 1.32. The van der Waals surface area contributed by atoms with Gasteiger partial charge in [0.25, 0.3) is 0 Å². The quantitative estimate of drug-likeness (QED) is 0.367. The van der Waals surface area contributed by atoms with Crippen LogP contribution in [0.15, 0.2) is 23.4 Å². The molecular weight excluding hydrogens is 235 g/mol. The van der Waals surface area contributed by atoms with E-state index in [1.54, 1.807) is 6.07 Å². The molecule has 3 N–H and O–H groups in total. The standard InChI is InChI=1S/C13H19FN2O2/c1-4-13(2,3)18-8-9-5-10(12(15)16-17)7-11(14)6-9/h5-7,17H,4,8H2,1-3H3,(H2,15,16). The van der Waals surface area contributed by atoms with Gasteiger partial charge in [0.2, 0.25) is 0 Å². The van der Waals surface area contributed by atoms with E-state index in [1.165, 1.54) is 12.1 Å². The van der Waals surface area contributed by atoms with Crippen molar-refractivity contribution in [3.8, 4) is 0 Å². The maximum absolute atomic E-state index is 13.4. The number of hydrogen-bond acceptors (Lipinski definition) is 3. The minimum Gasteiger partial charge on any atom is -0.409 e. The average Bonchev–Trinajstić information content (AvgIpc) is 2.35. The summed E-state index contributed by atoms with van der Waals surface area (Å²) in [6.07, 6.45) is 0.857. The van der Waals surface area contributed by atoms with Gasteiger partial charge >= 0.3 is 0 Å². The first-order valence-electron chi connectivity index (χ1n) is 5.79. The number of ether oxygens (including phenoxy) is 1. The lowest BCUT2D eigenvalue weighted by molar-refractivity contribution is -0.0317. The second-order valence-corrected chi connectivity index (χ2v) is 4.74. The van der Waals surface area contributed by atoms with Crippen molar-refractivity contribution in [1.82, 2.24) is 0 Å². The third-order valence-electron chi connectivity index (χ3n) is 2.84. The molecule has 100 valence electrons. The Hall–Kier alpha value is -1.62. The maximum Gasteiger partial charge on any atom is 0.170 e. The normalized spacial score (nSPS) is 12.8. The molecule has 0 radical (unpaired) electrons. The van der Waals surface area contributed by atoms with Gasteiger partial charge in [-0.3, -0.25) is 0 Å². The van der Waals surface area contributed by atoms with Crippen LogP contribution in [0.2, 0.25) is 0 Å². The highest BCUT2D eigenvalue weighted by molar-refractivity contribution is 5.97. The number of amidine groups is 1. The van der Waals surface area contributed by atoms with Gasteiger partial charge in [0.05, 0.1) is 12.2 Å². The SMILES string of the molecule is CCC(C)(C)OCc1cc(F)cc(/C(N)=N/O)c1. The summed E-state index contributed by atoms with van der Waals surface area (Å²) in [7, 11) is 0. The molecule has 1 rings (SSSR count). The molecule has 0 bridgehead atoms. The summed E-state index contributed by atoms with van der Waals surface area (Å²) in [4.78, 5) is 0. The van der Waals surface area contributed by atoms with Crippen molar-refractivity contribution in [2.24, 2.45) is 10.9 Å². The number of benzene rings is 1. The minimum absolute atomic E-state index is 0.120. The van der Waals surface area contributed by atoms with Gasteiger partial charge in [-0.2, -0.15) is 0 Å². The van der Waals surface area contributed by atoms with Gasteiger partial charge in [0, 0.05) is 5.56 Å². The number of oxime groups is 1. The van der Waals surface area contributed by atoms with Gasteiger partial charge in [-0.1, -0.05) is 12.1 Å². The molecule has 0 amide bonds. The van der Waals surface area contributed by atoms with Gasteiger partial charge in [0.1, 0.15) is 5.82 Å². The van der Waals surface area contributed by atoms with E-state index in [9.17, 15) is 4.39 Å². The fourth-order valence-corrected chi connectivity index (χ4v) is 1.32. The van der Waals surface area contributed by atoms with Crippen molar-refractivity contribution in [1.29, 1.82) is 0 Å². The van der Waals surface area contributed by atoms with E-state index >= 15 is 0 Å². The largest absolute Gasteiger partial charge is 0.409 e. The maximum atomic E-state index is 13.4. The topological polar surface area (TPSA) is 67.8 Å². The molecular formula is C13H19FN2O2. The van der Waals surface area contributed by atoms with Crippen LogP contribution in [0.1, 0.15) is 38.3 Å². The van der Waals surface area contributed by atoms with Gasteiger partial charge < -0.3 is 15.7 Å². The molecule has 0 spiro atoms. The van der Waals surface area contributed by atoms with Gasteiger partial charge in [0.15, 0.2) is 5.84 Å². The zero-order chi connectivity index (χ0) is 13.8. The number of nitrogens with two attached hydrogens (primary N) is 1. The summed E-state index contributed by atoms with van der Waals surface area (Å²) in [5, 5.41) is 11.4. The van der Waals surface area contributed by atoms with Crippen LogP contribution in [0.4, 0.5) is 4.39 Å². The predicted octanol–water partition coefficient (Wildman–Crippen LogP) is 2.63. The van der Waals surface area contributed by atoms with Crippen molar-refractivity contribution in [2.75, 3.05) is 0 Å². The van der Waals surface area contributed by atoms with E-state index in [2.05, 4.69) is 5.16 Å². The Balaban J connectivity index is 2.87. The Morgan fingerprint density at radius 2 is 2.11 bits per heavy atom. The van der Waals surface area contributed by atoms with Crippen LogP contribution < -0.4 is 5.73 Å². The molecule has 18 heavy (non-hydrogen) atoms. The molecule has 4 nitrogen and oxygen atoms in total. The molecule has 0 aliphatic rings. The van der Waals surface area contributed by atoms with Gasteiger partial charge in [-0.05, 0) is 44.0 Å². The van der Waals surface area contributed by atoms with Crippen LogP contribution >= 0.6 is 0 Å². The second kappa shape index (κ2) is 5.82. The van der Waals surface area contributed by atoms with Crippen LogP contribution in [0.3, 0.4) is 0 Å². The van der Waals surface area contributed by atoms with Crippen LogP contribution in [0, 0.1) is 5.82 Å². The molecule has 1 aromatic rings. The highest BCUT2D eigenvalue weighted by Crippen LogP contribution is 2.18. The van der Waals surface area contributed by atoms with Crippen molar-refractivity contribution in [2.45, 2.75) is 39.4 Å². The fraction of sp³-hybridized carbons (Fsp3) is 0.462. The molecule has 0 aromatic heterocycles. The summed E-state index contributed by atoms with van der Waals surface area (Å²) in [6.45, 7) is 6.24. The molecule has 0 fully saturated rings. The zero-order valence-corrected chi connectivity index (χ0v) is 10.9. The second-order valence-electron chi connectivity index (χ2n) is 4.74. The summed E-state index contributed by atoms with van der Waals surface area (Å²) >= 11 is 0. The first kappa shape index (κ1) is 14.4. The van der Waals surface area contributed by atoms with Crippen molar-refractivity contribution in [3.05, 3.63) is 35.1 Å². The van der Waals surface area contributed by atoms with E-state index in [-0.39, 0.29) is 18.0 Å². The van der Waals surface area contributed by atoms with E-state index in [1.807, 2.05) is 20.8 Å². The third kappa shape index (κ3) is 4.00. The van der Waals surface area contributed by atoms with E-state index < -0.39 is 5.82 Å². The first-order valence-corrected chi connectivity index (χ1v) is 5.79. The minimum atomic E-state index is -0.438. The molecule has 0 unspecified atom stereocenters. The van der Waals surface area contributed by atoms with Crippen LogP contribution in [-0.4, -0.2) is 16.6 Å². The highest BCUT2D eigenvalue weighted by atomic mass is 19.1. The number of halogens is 1. The molecule has 1 aromatic carbocycles. The van der Waals surface area contributed by atoms with Crippen LogP contribution in [0.25, 0.3) is 0 Å². The number of nitrogens with zero attached hydrogens (tertiary/aromatic N) is 1.